The number of ether oxygens (including phenoxy) is 2. The van der Waals surface area contributed by atoms with Gasteiger partial charge in [-0.2, -0.15) is 0 Å². The zero-order valence-electron chi connectivity index (χ0n) is 20.6. The summed E-state index contributed by atoms with van der Waals surface area (Å²) in [5.41, 5.74) is 6.03. The van der Waals surface area contributed by atoms with E-state index in [2.05, 4.69) is 5.32 Å². The molecule has 35 heavy (non-hydrogen) atoms. The fourth-order valence-electron chi connectivity index (χ4n) is 4.11. The zero-order valence-corrected chi connectivity index (χ0v) is 21.4. The van der Waals surface area contributed by atoms with Crippen molar-refractivity contribution in [1.82, 2.24) is 0 Å². The molecule has 1 heterocycles. The highest BCUT2D eigenvalue weighted by molar-refractivity contribution is 7.98. The number of thioether (sulfide) groups is 1. The average Bonchev–Trinajstić information content (AvgIpc) is 3.30. The van der Waals surface area contributed by atoms with Gasteiger partial charge in [0.15, 0.2) is 0 Å². The number of amides is 1. The van der Waals surface area contributed by atoms with Gasteiger partial charge in [-0.3, -0.25) is 4.79 Å². The van der Waals surface area contributed by atoms with Crippen molar-refractivity contribution >= 4 is 39.9 Å². The Labute approximate surface area is 210 Å². The fourth-order valence-corrected chi connectivity index (χ4v) is 4.57. The van der Waals surface area contributed by atoms with Gasteiger partial charge in [-0.1, -0.05) is 18.2 Å². The van der Waals surface area contributed by atoms with Crippen LogP contribution >= 0.6 is 11.8 Å². The van der Waals surface area contributed by atoms with Crippen molar-refractivity contribution in [2.45, 2.75) is 25.7 Å². The molecule has 0 aliphatic rings. The lowest BCUT2D eigenvalue weighted by Crippen LogP contribution is -2.09. The lowest BCUT2D eigenvalue weighted by molar-refractivity contribution is -0.111. The first-order chi connectivity index (χ1) is 16.9. The Kier molecular flexibility index (Phi) is 7.51. The number of fused-ring (bicyclic) bond motifs is 1. The van der Waals surface area contributed by atoms with Crippen LogP contribution in [-0.4, -0.2) is 25.9 Å². The van der Waals surface area contributed by atoms with Crippen LogP contribution in [0, 0.1) is 6.92 Å². The van der Waals surface area contributed by atoms with Crippen LogP contribution < -0.4 is 14.8 Å². The van der Waals surface area contributed by atoms with Gasteiger partial charge in [0.1, 0.15) is 17.1 Å². The van der Waals surface area contributed by atoms with Gasteiger partial charge in [0, 0.05) is 38.7 Å². The van der Waals surface area contributed by atoms with Gasteiger partial charge < -0.3 is 19.2 Å². The van der Waals surface area contributed by atoms with Crippen LogP contribution in [0.3, 0.4) is 0 Å². The number of furan rings is 1. The van der Waals surface area contributed by atoms with Crippen molar-refractivity contribution in [3.05, 3.63) is 78.1 Å². The molecule has 0 fully saturated rings. The predicted molar refractivity (Wildman–Crippen MR) is 145 cm³/mol. The molecule has 0 saturated carbocycles. The van der Waals surface area contributed by atoms with Gasteiger partial charge in [0.05, 0.1) is 20.0 Å². The number of allylic oxidation sites excluding steroid dienone is 1. The third kappa shape index (κ3) is 5.23. The van der Waals surface area contributed by atoms with E-state index in [9.17, 15) is 4.79 Å². The normalized spacial score (nSPS) is 11.5. The first kappa shape index (κ1) is 24.5. The van der Waals surface area contributed by atoms with E-state index in [-0.39, 0.29) is 5.91 Å². The molecule has 180 valence electrons. The van der Waals surface area contributed by atoms with Crippen molar-refractivity contribution in [1.29, 1.82) is 0 Å². The summed E-state index contributed by atoms with van der Waals surface area (Å²) >= 11 is 1.63. The van der Waals surface area contributed by atoms with E-state index < -0.39 is 0 Å². The summed E-state index contributed by atoms with van der Waals surface area (Å²) in [6, 6.07) is 17.7. The molecular formula is C29H29NO4S. The molecule has 1 aromatic heterocycles. The molecule has 0 atom stereocenters. The second kappa shape index (κ2) is 10.7. The Morgan fingerprint density at radius 2 is 1.94 bits per heavy atom. The molecule has 0 saturated heterocycles. The SMILES string of the molecule is CCOc1c(/C(C)=C/C(=O)Nc2cccc(SC)c2)cc2c(-c3cccc(OC)c3)coc2c1C. The van der Waals surface area contributed by atoms with E-state index in [0.29, 0.717) is 6.61 Å². The van der Waals surface area contributed by atoms with Gasteiger partial charge in [0.25, 0.3) is 0 Å². The highest BCUT2D eigenvalue weighted by Gasteiger charge is 2.19. The van der Waals surface area contributed by atoms with E-state index in [4.69, 9.17) is 13.9 Å². The Balaban J connectivity index is 1.77. The number of benzene rings is 3. The number of hydrogen-bond donors (Lipinski definition) is 1. The molecule has 4 aromatic rings. The number of carbonyl (C=O) groups excluding carboxylic acids is 1. The highest BCUT2D eigenvalue weighted by atomic mass is 32.2. The maximum atomic E-state index is 12.9. The van der Waals surface area contributed by atoms with E-state index in [1.165, 1.54) is 0 Å². The van der Waals surface area contributed by atoms with Crippen LogP contribution in [0.5, 0.6) is 11.5 Å². The molecule has 0 unspecified atom stereocenters. The lowest BCUT2D eigenvalue weighted by Gasteiger charge is -2.15. The standard InChI is InChI=1S/C29H29NO4S/c1-6-33-28-19(3)29-25(26(17-34-29)20-9-7-11-22(14-20)32-4)16-24(28)18(2)13-27(31)30-21-10-8-12-23(15-21)35-5/h7-17H,6H2,1-5H3,(H,30,31)/b18-13+. The van der Waals surface area contributed by atoms with Gasteiger partial charge in [-0.15, -0.1) is 11.8 Å². The summed E-state index contributed by atoms with van der Waals surface area (Å²) in [6.45, 7) is 6.36. The Morgan fingerprint density at radius 1 is 1.14 bits per heavy atom. The smallest absolute Gasteiger partial charge is 0.248 e. The number of nitrogens with one attached hydrogen (secondary N) is 1. The van der Waals surface area contributed by atoms with Crippen LogP contribution in [0.25, 0.3) is 27.7 Å². The van der Waals surface area contributed by atoms with Crippen molar-refractivity contribution in [3.8, 4) is 22.6 Å². The molecule has 0 spiro atoms. The summed E-state index contributed by atoms with van der Waals surface area (Å²) in [5.74, 6) is 1.30. The van der Waals surface area contributed by atoms with Crippen LogP contribution in [-0.2, 0) is 4.79 Å². The maximum absolute atomic E-state index is 12.9. The van der Waals surface area contributed by atoms with Crippen LogP contribution in [0.4, 0.5) is 5.69 Å². The number of carbonyl (C=O) groups is 1. The van der Waals surface area contributed by atoms with Crippen molar-refractivity contribution in [2.75, 3.05) is 25.3 Å². The molecule has 0 radical (unpaired) electrons. The number of anilines is 1. The molecule has 6 heteroatoms. The van der Waals surface area contributed by atoms with Crippen LogP contribution in [0.2, 0.25) is 0 Å². The van der Waals surface area contributed by atoms with E-state index in [1.54, 1.807) is 31.2 Å². The predicted octanol–water partition coefficient (Wildman–Crippen LogP) is 7.58. The zero-order chi connectivity index (χ0) is 24.9. The van der Waals surface area contributed by atoms with Gasteiger partial charge in [-0.25, -0.2) is 0 Å². The molecule has 0 bridgehead atoms. The largest absolute Gasteiger partial charge is 0.497 e. The molecule has 0 aliphatic carbocycles. The minimum absolute atomic E-state index is 0.193. The van der Waals surface area contributed by atoms with Crippen LogP contribution in [0.1, 0.15) is 25.0 Å². The van der Waals surface area contributed by atoms with E-state index in [0.717, 1.165) is 60.9 Å². The summed E-state index contributed by atoms with van der Waals surface area (Å²) in [6.07, 6.45) is 5.38. The van der Waals surface area contributed by atoms with Gasteiger partial charge in [-0.05, 0) is 74.6 Å². The molecule has 5 nitrogen and oxygen atoms in total. The van der Waals surface area contributed by atoms with Gasteiger partial charge in [0.2, 0.25) is 5.91 Å². The summed E-state index contributed by atoms with van der Waals surface area (Å²) < 4.78 is 17.4. The third-order valence-corrected chi connectivity index (χ3v) is 6.55. The second-order valence-electron chi connectivity index (χ2n) is 8.12. The first-order valence-corrected chi connectivity index (χ1v) is 12.6. The maximum Gasteiger partial charge on any atom is 0.248 e. The van der Waals surface area contributed by atoms with Crippen molar-refractivity contribution in [2.24, 2.45) is 0 Å². The van der Waals surface area contributed by atoms with Gasteiger partial charge >= 0.3 is 0 Å². The summed E-state index contributed by atoms with van der Waals surface area (Å²) in [4.78, 5) is 13.9. The van der Waals surface area contributed by atoms with E-state index >= 15 is 0 Å². The third-order valence-electron chi connectivity index (χ3n) is 5.82. The Hall–Kier alpha value is -3.64. The van der Waals surface area contributed by atoms with E-state index in [1.807, 2.05) is 81.6 Å². The quantitative estimate of drug-likeness (QED) is 0.205. The van der Waals surface area contributed by atoms with Crippen LogP contribution in [0.15, 0.2) is 76.2 Å². The summed E-state index contributed by atoms with van der Waals surface area (Å²) in [7, 11) is 1.65. The second-order valence-corrected chi connectivity index (χ2v) is 9.00. The molecule has 4 rings (SSSR count). The monoisotopic (exact) mass is 487 g/mol. The number of hydrogen-bond acceptors (Lipinski definition) is 5. The molecular weight excluding hydrogens is 458 g/mol. The highest BCUT2D eigenvalue weighted by Crippen LogP contribution is 2.41. The lowest BCUT2D eigenvalue weighted by atomic mass is 9.96. The molecule has 1 amide bonds. The first-order valence-electron chi connectivity index (χ1n) is 11.4. The minimum atomic E-state index is -0.193. The number of methoxy groups -OCH3 is 1. The number of rotatable bonds is 8. The summed E-state index contributed by atoms with van der Waals surface area (Å²) in [5, 5.41) is 3.92. The Bertz CT molecular complexity index is 1400. The minimum Gasteiger partial charge on any atom is -0.497 e. The Morgan fingerprint density at radius 3 is 2.69 bits per heavy atom. The molecule has 3 aromatic carbocycles. The van der Waals surface area contributed by atoms with Crippen molar-refractivity contribution in [3.63, 3.8) is 0 Å². The molecule has 0 aliphatic heterocycles. The molecule has 1 N–H and O–H groups in total. The number of aryl methyl sites for hydroxylation is 1. The van der Waals surface area contributed by atoms with Crippen molar-refractivity contribution < 1.29 is 18.7 Å². The average molecular weight is 488 g/mol. The fraction of sp³-hybridized carbons (Fsp3) is 0.207. The topological polar surface area (TPSA) is 60.7 Å².